The second-order valence-electron chi connectivity index (χ2n) is 3.74. The van der Waals surface area contributed by atoms with Gasteiger partial charge in [0, 0.05) is 6.54 Å². The van der Waals surface area contributed by atoms with Crippen LogP contribution < -0.4 is 4.90 Å². The highest BCUT2D eigenvalue weighted by Gasteiger charge is 2.32. The number of hydrogen-bond donors (Lipinski definition) is 1. The molecule has 1 saturated heterocycles. The van der Waals surface area contributed by atoms with E-state index < -0.39 is 18.2 Å². The lowest BCUT2D eigenvalue weighted by atomic mass is 10.0. The summed E-state index contributed by atoms with van der Waals surface area (Å²) < 4.78 is 18.4. The summed E-state index contributed by atoms with van der Waals surface area (Å²) in [5.41, 5.74) is -0.231. The van der Waals surface area contributed by atoms with Gasteiger partial charge in [-0.3, -0.25) is 0 Å². The molecule has 0 saturated carbocycles. The van der Waals surface area contributed by atoms with Crippen LogP contribution in [0, 0.1) is 4.91 Å². The van der Waals surface area contributed by atoms with Gasteiger partial charge in [-0.15, -0.1) is 0 Å². The van der Waals surface area contributed by atoms with Gasteiger partial charge in [0.1, 0.15) is 18.5 Å². The van der Waals surface area contributed by atoms with E-state index in [0.29, 0.717) is 6.54 Å². The predicted molar refractivity (Wildman–Crippen MR) is 54.8 cm³/mol. The summed E-state index contributed by atoms with van der Waals surface area (Å²) in [5.74, 6) is -1.21. The van der Waals surface area contributed by atoms with Crippen molar-refractivity contribution in [3.63, 3.8) is 0 Å². The van der Waals surface area contributed by atoms with E-state index in [1.165, 1.54) is 4.90 Å². The van der Waals surface area contributed by atoms with Crippen LogP contribution >= 0.6 is 0 Å². The molecule has 8 heteroatoms. The quantitative estimate of drug-likeness (QED) is 0.797. The van der Waals surface area contributed by atoms with Crippen molar-refractivity contribution in [1.29, 1.82) is 0 Å². The Bertz CT molecular complexity index is 436. The van der Waals surface area contributed by atoms with E-state index in [1.54, 1.807) is 0 Å². The lowest BCUT2D eigenvalue weighted by molar-refractivity contribution is 0.0690. The number of carbonyl (C=O) groups is 1. The summed E-state index contributed by atoms with van der Waals surface area (Å²) in [5, 5.41) is 11.4. The summed E-state index contributed by atoms with van der Waals surface area (Å²) in [6, 6.07) is -0.797. The molecular weight excluding hydrogens is 233 g/mol. The van der Waals surface area contributed by atoms with E-state index >= 15 is 0 Å². The SMILES string of the molecule is O=N[C@H]1CCN(c2nc(C(=O)O)co2)C[C@H]1F. The number of rotatable bonds is 3. The molecule has 1 aliphatic rings. The van der Waals surface area contributed by atoms with E-state index in [-0.39, 0.29) is 24.7 Å². The van der Waals surface area contributed by atoms with Crippen LogP contribution in [0.15, 0.2) is 15.9 Å². The third-order valence-electron chi connectivity index (χ3n) is 2.62. The highest BCUT2D eigenvalue weighted by molar-refractivity contribution is 5.85. The second kappa shape index (κ2) is 4.48. The van der Waals surface area contributed by atoms with Crippen molar-refractivity contribution in [2.45, 2.75) is 18.6 Å². The monoisotopic (exact) mass is 243 g/mol. The van der Waals surface area contributed by atoms with Gasteiger partial charge in [0.25, 0.3) is 6.01 Å². The van der Waals surface area contributed by atoms with Crippen molar-refractivity contribution in [2.75, 3.05) is 18.0 Å². The summed E-state index contributed by atoms with van der Waals surface area (Å²) in [6.07, 6.45) is -0.133. The Kier molecular flexibility index (Phi) is 3.03. The van der Waals surface area contributed by atoms with Crippen LogP contribution in [0.25, 0.3) is 0 Å². The molecular formula is C9H10FN3O4. The number of carboxylic acids is 1. The van der Waals surface area contributed by atoms with E-state index in [0.717, 1.165) is 6.26 Å². The molecule has 17 heavy (non-hydrogen) atoms. The average Bonchev–Trinajstić information content (AvgIpc) is 2.78. The Hall–Kier alpha value is -1.99. The lowest BCUT2D eigenvalue weighted by Gasteiger charge is -2.30. The lowest BCUT2D eigenvalue weighted by Crippen LogP contribution is -2.44. The zero-order chi connectivity index (χ0) is 12.4. The molecule has 7 nitrogen and oxygen atoms in total. The Balaban J connectivity index is 2.08. The highest BCUT2D eigenvalue weighted by atomic mass is 19.1. The molecule has 0 amide bonds. The molecule has 0 aliphatic carbocycles. The van der Waals surface area contributed by atoms with E-state index in [2.05, 4.69) is 10.2 Å². The van der Waals surface area contributed by atoms with Crippen molar-refractivity contribution in [2.24, 2.45) is 5.18 Å². The van der Waals surface area contributed by atoms with Gasteiger partial charge in [-0.05, 0) is 6.42 Å². The fraction of sp³-hybridized carbons (Fsp3) is 0.556. The number of oxazole rings is 1. The summed E-state index contributed by atoms with van der Waals surface area (Å²) in [6.45, 7) is 0.284. The van der Waals surface area contributed by atoms with Crippen LogP contribution in [0.3, 0.4) is 0 Å². The minimum Gasteiger partial charge on any atom is -0.476 e. The number of carboxylic acid groups (broad SMARTS) is 1. The Morgan fingerprint density at radius 2 is 2.47 bits per heavy atom. The third-order valence-corrected chi connectivity index (χ3v) is 2.62. The maximum atomic E-state index is 13.4. The van der Waals surface area contributed by atoms with Crippen LogP contribution in [0.2, 0.25) is 0 Å². The zero-order valence-corrected chi connectivity index (χ0v) is 8.74. The Morgan fingerprint density at radius 1 is 1.71 bits per heavy atom. The first-order valence-electron chi connectivity index (χ1n) is 5.02. The van der Waals surface area contributed by atoms with Crippen molar-refractivity contribution >= 4 is 12.0 Å². The minimum atomic E-state index is -1.39. The number of anilines is 1. The molecule has 2 heterocycles. The Morgan fingerprint density at radius 3 is 3.00 bits per heavy atom. The maximum Gasteiger partial charge on any atom is 0.357 e. The van der Waals surface area contributed by atoms with Crippen LogP contribution in [0.4, 0.5) is 10.4 Å². The molecule has 0 aromatic carbocycles. The van der Waals surface area contributed by atoms with Crippen LogP contribution in [-0.2, 0) is 0 Å². The molecule has 1 N–H and O–H groups in total. The molecule has 0 radical (unpaired) electrons. The zero-order valence-electron chi connectivity index (χ0n) is 8.74. The molecule has 1 aliphatic heterocycles. The summed E-state index contributed by atoms with van der Waals surface area (Å²) >= 11 is 0. The normalized spacial score (nSPS) is 24.6. The maximum absolute atomic E-state index is 13.4. The molecule has 0 bridgehead atoms. The molecule has 1 aromatic heterocycles. The van der Waals surface area contributed by atoms with E-state index in [1.807, 2.05) is 0 Å². The van der Waals surface area contributed by atoms with Crippen LogP contribution in [-0.4, -0.2) is 41.4 Å². The fourth-order valence-electron chi connectivity index (χ4n) is 1.69. The topological polar surface area (TPSA) is 96.0 Å². The number of piperidine rings is 1. The smallest absolute Gasteiger partial charge is 0.357 e. The average molecular weight is 243 g/mol. The standard InChI is InChI=1S/C9H10FN3O4/c10-5-3-13(2-1-6(5)12-16)9-11-7(4-17-9)8(14)15/h4-6H,1-3H2,(H,14,15)/t5-,6+/m1/s1. The molecule has 2 rings (SSSR count). The van der Waals surface area contributed by atoms with Gasteiger partial charge in [0.2, 0.25) is 0 Å². The Labute approximate surface area is 95.2 Å². The van der Waals surface area contributed by atoms with E-state index in [9.17, 15) is 14.1 Å². The summed E-state index contributed by atoms with van der Waals surface area (Å²) in [7, 11) is 0. The highest BCUT2D eigenvalue weighted by Crippen LogP contribution is 2.22. The predicted octanol–water partition coefficient (Wildman–Crippen LogP) is 1.06. The number of aromatic carboxylic acids is 1. The number of nitroso groups, excluding NO2 is 1. The first-order chi connectivity index (χ1) is 8.11. The third kappa shape index (κ3) is 2.24. The van der Waals surface area contributed by atoms with Gasteiger partial charge in [-0.1, -0.05) is 5.18 Å². The van der Waals surface area contributed by atoms with Crippen LogP contribution in [0.5, 0.6) is 0 Å². The molecule has 0 unspecified atom stereocenters. The number of nitrogens with zero attached hydrogens (tertiary/aromatic N) is 3. The number of halogens is 1. The van der Waals surface area contributed by atoms with E-state index in [4.69, 9.17) is 9.52 Å². The van der Waals surface area contributed by atoms with Crippen molar-refractivity contribution in [3.8, 4) is 0 Å². The molecule has 1 fully saturated rings. The van der Waals surface area contributed by atoms with Crippen LogP contribution in [0.1, 0.15) is 16.9 Å². The second-order valence-corrected chi connectivity index (χ2v) is 3.74. The minimum absolute atomic E-state index is 0.0504. The molecule has 0 spiro atoms. The molecule has 2 atom stereocenters. The van der Waals surface area contributed by atoms with Crippen molar-refractivity contribution in [1.82, 2.24) is 4.98 Å². The van der Waals surface area contributed by atoms with Gasteiger partial charge >= 0.3 is 5.97 Å². The number of aromatic nitrogens is 1. The first kappa shape index (κ1) is 11.5. The number of alkyl halides is 1. The van der Waals surface area contributed by atoms with Gasteiger partial charge in [0.05, 0.1) is 6.54 Å². The van der Waals surface area contributed by atoms with Gasteiger partial charge < -0.3 is 14.4 Å². The van der Waals surface area contributed by atoms with Crippen molar-refractivity contribution < 1.29 is 18.7 Å². The van der Waals surface area contributed by atoms with Gasteiger partial charge in [0.15, 0.2) is 5.69 Å². The van der Waals surface area contributed by atoms with Gasteiger partial charge in [-0.2, -0.15) is 9.89 Å². The molecule has 92 valence electrons. The van der Waals surface area contributed by atoms with Gasteiger partial charge in [-0.25, -0.2) is 9.18 Å². The molecule has 1 aromatic rings. The van der Waals surface area contributed by atoms with Crippen molar-refractivity contribution in [3.05, 3.63) is 16.9 Å². The summed E-state index contributed by atoms with van der Waals surface area (Å²) in [4.78, 5) is 26.0. The fourth-order valence-corrected chi connectivity index (χ4v) is 1.69. The number of hydrogen-bond acceptors (Lipinski definition) is 6. The largest absolute Gasteiger partial charge is 0.476 e. The first-order valence-corrected chi connectivity index (χ1v) is 5.02.